The van der Waals surface area contributed by atoms with Crippen LogP contribution >= 0.6 is 0 Å². The fourth-order valence-corrected chi connectivity index (χ4v) is 7.54. The second-order valence-electron chi connectivity index (χ2n) is 17.0. The fraction of sp³-hybridized carbons (Fsp3) is 0.300. The van der Waals surface area contributed by atoms with Gasteiger partial charge in [-0.1, -0.05) is 121 Å². The fourth-order valence-electron chi connectivity index (χ4n) is 7.54. The SMILES string of the molecule is c1ccc(COc2cc(COc3cc(COCC4COCCOCCOCCOCCO4)cc(OCc4cc(OCc5ccccc5)cc(OCc5ccccc5)c4)c3)cc(OCc3ccccc3)c2)cc1. The second kappa shape index (κ2) is 29.4. The maximum absolute atomic E-state index is 6.58. The van der Waals surface area contributed by atoms with E-state index in [1.165, 1.54) is 0 Å². The molecule has 12 heteroatoms. The van der Waals surface area contributed by atoms with Crippen LogP contribution in [-0.2, 0) is 74.7 Å². The van der Waals surface area contributed by atoms with Gasteiger partial charge in [0.2, 0.25) is 0 Å². The number of ether oxygens (including phenoxy) is 12. The molecule has 0 radical (unpaired) electrons. The van der Waals surface area contributed by atoms with E-state index in [9.17, 15) is 0 Å². The first kappa shape index (κ1) is 51.5. The summed E-state index contributed by atoms with van der Waals surface area (Å²) in [6.07, 6.45) is -0.325. The predicted molar refractivity (Wildman–Crippen MR) is 274 cm³/mol. The van der Waals surface area contributed by atoms with Crippen LogP contribution in [0.2, 0.25) is 0 Å². The van der Waals surface area contributed by atoms with Crippen LogP contribution in [-0.4, -0.2) is 72.2 Å². The van der Waals surface area contributed by atoms with Crippen molar-refractivity contribution in [1.82, 2.24) is 0 Å². The Morgan fingerprint density at radius 1 is 0.292 bits per heavy atom. The summed E-state index contributed by atoms with van der Waals surface area (Å²) in [5.41, 5.74) is 6.82. The Labute approximate surface area is 423 Å². The molecule has 1 atom stereocenters. The largest absolute Gasteiger partial charge is 0.489 e. The van der Waals surface area contributed by atoms with Gasteiger partial charge in [-0.2, -0.15) is 0 Å². The topological polar surface area (TPSA) is 111 Å². The summed E-state index contributed by atoms with van der Waals surface area (Å²) >= 11 is 0. The second-order valence-corrected chi connectivity index (χ2v) is 17.0. The molecule has 7 aromatic rings. The van der Waals surface area contributed by atoms with Gasteiger partial charge in [-0.25, -0.2) is 0 Å². The highest BCUT2D eigenvalue weighted by molar-refractivity contribution is 5.42. The lowest BCUT2D eigenvalue weighted by Crippen LogP contribution is -2.28. The summed E-state index contributed by atoms with van der Waals surface area (Å²) in [4.78, 5) is 0. The number of benzene rings is 7. The third-order valence-corrected chi connectivity index (χ3v) is 11.2. The molecule has 1 unspecified atom stereocenters. The summed E-state index contributed by atoms with van der Waals surface area (Å²) in [7, 11) is 0. The third kappa shape index (κ3) is 18.7. The van der Waals surface area contributed by atoms with Crippen molar-refractivity contribution >= 4 is 0 Å². The molecule has 1 heterocycles. The first-order valence-corrected chi connectivity index (χ1v) is 24.5. The first-order chi connectivity index (χ1) is 35.6. The smallest absolute Gasteiger partial charge is 0.123 e. The molecule has 1 fully saturated rings. The normalized spacial score (nSPS) is 14.8. The van der Waals surface area contributed by atoms with E-state index in [0.717, 1.165) is 38.9 Å². The number of hydrogen-bond donors (Lipinski definition) is 0. The Kier molecular flexibility index (Phi) is 21.0. The van der Waals surface area contributed by atoms with Gasteiger partial charge in [0.05, 0.1) is 72.7 Å². The first-order valence-electron chi connectivity index (χ1n) is 24.5. The van der Waals surface area contributed by atoms with Gasteiger partial charge in [0, 0.05) is 18.2 Å². The van der Waals surface area contributed by atoms with Crippen molar-refractivity contribution in [3.8, 4) is 34.5 Å². The Bertz CT molecular complexity index is 2300. The maximum Gasteiger partial charge on any atom is 0.123 e. The molecule has 1 aliphatic rings. The molecule has 12 nitrogen and oxygen atoms in total. The standard InChI is InChI=1S/C60H64O12/c1-5-13-47(14-6-1)39-67-56-31-52(32-57(36-56)68-40-48-15-7-2-8-16-48)43-71-54-29-51(38-65-46-60-45-64-26-25-62-22-21-61-23-24-63-27-28-66-60)30-55(35-54)72-44-53-33-58(69-41-49-17-9-3-10-18-49)37-59(34-53)70-42-50-19-11-4-12-20-50/h1-20,29-37,60H,21-28,38-46H2. The van der Waals surface area contributed by atoms with Crippen molar-refractivity contribution in [3.63, 3.8) is 0 Å². The quantitative estimate of drug-likeness (QED) is 0.0645. The van der Waals surface area contributed by atoms with Gasteiger partial charge >= 0.3 is 0 Å². The highest BCUT2D eigenvalue weighted by Gasteiger charge is 2.14. The van der Waals surface area contributed by atoms with E-state index in [4.69, 9.17) is 56.8 Å². The van der Waals surface area contributed by atoms with Crippen molar-refractivity contribution in [1.29, 1.82) is 0 Å². The van der Waals surface area contributed by atoms with Crippen LogP contribution in [0.3, 0.4) is 0 Å². The Morgan fingerprint density at radius 3 is 0.903 bits per heavy atom. The molecule has 0 amide bonds. The van der Waals surface area contributed by atoms with E-state index in [1.807, 2.05) is 176 Å². The monoisotopic (exact) mass is 976 g/mol. The minimum atomic E-state index is -0.325. The highest BCUT2D eigenvalue weighted by atomic mass is 16.6. The molecule has 0 saturated carbocycles. The molecule has 1 saturated heterocycles. The van der Waals surface area contributed by atoms with Crippen molar-refractivity contribution in [3.05, 3.63) is 215 Å². The molecule has 72 heavy (non-hydrogen) atoms. The molecule has 1 aliphatic heterocycles. The number of hydrogen-bond acceptors (Lipinski definition) is 12. The minimum absolute atomic E-state index is 0.224. The third-order valence-electron chi connectivity index (χ3n) is 11.2. The van der Waals surface area contributed by atoms with Crippen molar-refractivity contribution < 1.29 is 56.8 Å². The summed E-state index contributed by atoms with van der Waals surface area (Å²) in [6, 6.07) is 57.9. The molecule has 0 N–H and O–H groups in total. The van der Waals surface area contributed by atoms with Gasteiger partial charge in [-0.3, -0.25) is 0 Å². The van der Waals surface area contributed by atoms with E-state index < -0.39 is 0 Å². The van der Waals surface area contributed by atoms with Crippen LogP contribution in [0.15, 0.2) is 176 Å². The van der Waals surface area contributed by atoms with Crippen molar-refractivity contribution in [2.45, 2.75) is 52.4 Å². The lowest BCUT2D eigenvalue weighted by atomic mass is 10.2. The van der Waals surface area contributed by atoms with Crippen molar-refractivity contribution in [2.24, 2.45) is 0 Å². The van der Waals surface area contributed by atoms with Crippen molar-refractivity contribution in [2.75, 3.05) is 66.1 Å². The Morgan fingerprint density at radius 2 is 0.569 bits per heavy atom. The van der Waals surface area contributed by atoms with Gasteiger partial charge in [0.25, 0.3) is 0 Å². The van der Waals surface area contributed by atoms with Gasteiger partial charge in [-0.15, -0.1) is 0 Å². The Balaban J connectivity index is 0.996. The molecule has 376 valence electrons. The van der Waals surface area contributed by atoms with E-state index in [0.29, 0.717) is 120 Å². The van der Waals surface area contributed by atoms with E-state index in [2.05, 4.69) is 0 Å². The summed E-state index contributed by atoms with van der Waals surface area (Å²) < 4.78 is 73.6. The molecule has 7 aromatic carbocycles. The van der Waals surface area contributed by atoms with Crippen LogP contribution in [0, 0.1) is 0 Å². The molecule has 0 bridgehead atoms. The van der Waals surface area contributed by atoms with E-state index in [-0.39, 0.29) is 32.5 Å². The highest BCUT2D eigenvalue weighted by Crippen LogP contribution is 2.30. The van der Waals surface area contributed by atoms with E-state index in [1.54, 1.807) is 0 Å². The summed E-state index contributed by atoms with van der Waals surface area (Å²) in [6.45, 7) is 6.68. The molecule has 0 aromatic heterocycles. The summed E-state index contributed by atoms with van der Waals surface area (Å²) in [5, 5.41) is 0. The zero-order valence-electron chi connectivity index (χ0n) is 40.7. The Hall–Kier alpha value is -6.90. The van der Waals surface area contributed by atoms with Crippen LogP contribution in [0.5, 0.6) is 34.5 Å². The van der Waals surface area contributed by atoms with Crippen LogP contribution < -0.4 is 28.4 Å². The lowest BCUT2D eigenvalue weighted by molar-refractivity contribution is -0.0801. The maximum atomic E-state index is 6.58. The zero-order valence-corrected chi connectivity index (χ0v) is 40.7. The number of rotatable bonds is 22. The van der Waals surface area contributed by atoms with Crippen LogP contribution in [0.25, 0.3) is 0 Å². The average molecular weight is 977 g/mol. The lowest BCUT2D eigenvalue weighted by Gasteiger charge is -2.19. The van der Waals surface area contributed by atoms with E-state index >= 15 is 0 Å². The summed E-state index contributed by atoms with van der Waals surface area (Å²) in [5.74, 6) is 3.87. The molecular formula is C60H64O12. The van der Waals surface area contributed by atoms with Gasteiger partial charge in [0.15, 0.2) is 0 Å². The van der Waals surface area contributed by atoms with Gasteiger partial charge in [0.1, 0.15) is 80.2 Å². The van der Waals surface area contributed by atoms with Crippen LogP contribution in [0.1, 0.15) is 38.9 Å². The molecular weight excluding hydrogens is 913 g/mol. The zero-order chi connectivity index (χ0) is 49.1. The molecule has 8 rings (SSSR count). The van der Waals surface area contributed by atoms with Crippen LogP contribution in [0.4, 0.5) is 0 Å². The van der Waals surface area contributed by atoms with Gasteiger partial charge in [-0.05, 0) is 75.3 Å². The predicted octanol–water partition coefficient (Wildman–Crippen LogP) is 11.1. The minimum Gasteiger partial charge on any atom is -0.489 e. The molecule has 0 aliphatic carbocycles. The molecule has 0 spiro atoms. The van der Waals surface area contributed by atoms with Gasteiger partial charge < -0.3 is 56.8 Å². The average Bonchev–Trinajstić information content (AvgIpc) is 3.43.